The van der Waals surface area contributed by atoms with Crippen molar-refractivity contribution in [2.45, 2.75) is 52.2 Å². The molecule has 0 aromatic heterocycles. The Morgan fingerprint density at radius 2 is 2.06 bits per heavy atom. The zero-order chi connectivity index (χ0) is 14.0. The highest BCUT2D eigenvalue weighted by atomic mass is 16.6. The second-order valence-electron chi connectivity index (χ2n) is 4.10. The van der Waals surface area contributed by atoms with Gasteiger partial charge in [0.15, 0.2) is 0 Å². The van der Waals surface area contributed by atoms with E-state index in [2.05, 4.69) is 11.9 Å². The number of carbonyl (C=O) groups excluding carboxylic acids is 2. The van der Waals surface area contributed by atoms with E-state index in [1.807, 2.05) is 20.8 Å². The second kappa shape index (κ2) is 9.50. The van der Waals surface area contributed by atoms with Crippen LogP contribution >= 0.6 is 0 Å². The van der Waals surface area contributed by atoms with Crippen molar-refractivity contribution in [2.24, 2.45) is 0 Å². The number of rotatable bonds is 8. The Balaban J connectivity index is 3.99. The zero-order valence-corrected chi connectivity index (χ0v) is 11.4. The Kier molecular flexibility index (Phi) is 8.70. The maximum atomic E-state index is 11.5. The van der Waals surface area contributed by atoms with Crippen LogP contribution in [-0.4, -0.2) is 30.8 Å². The van der Waals surface area contributed by atoms with E-state index in [-0.39, 0.29) is 12.6 Å². The molecule has 0 bridgehead atoms. The Labute approximate surface area is 109 Å². The summed E-state index contributed by atoms with van der Waals surface area (Å²) in [6.45, 7) is 9.17. The molecule has 0 aromatic rings. The summed E-state index contributed by atoms with van der Waals surface area (Å²) in [6.07, 6.45) is 2.66. The van der Waals surface area contributed by atoms with E-state index in [1.54, 1.807) is 0 Å². The molecule has 0 spiro atoms. The molecule has 18 heavy (non-hydrogen) atoms. The second-order valence-corrected chi connectivity index (χ2v) is 4.10. The highest BCUT2D eigenvalue weighted by Crippen LogP contribution is 2.02. The van der Waals surface area contributed by atoms with E-state index < -0.39 is 18.2 Å². The minimum Gasteiger partial charge on any atom is -0.459 e. The lowest BCUT2D eigenvalue weighted by Crippen LogP contribution is -2.36. The van der Waals surface area contributed by atoms with Crippen molar-refractivity contribution in [1.82, 2.24) is 5.32 Å². The summed E-state index contributed by atoms with van der Waals surface area (Å²) in [6, 6.07) is 0.0794. The number of alkyl carbamates (subject to hydrolysis) is 1. The molecule has 5 heteroatoms. The maximum absolute atomic E-state index is 11.5. The summed E-state index contributed by atoms with van der Waals surface area (Å²) in [5, 5.41) is 2.73. The van der Waals surface area contributed by atoms with Crippen LogP contribution in [0.5, 0.6) is 0 Å². The fourth-order valence-electron chi connectivity index (χ4n) is 1.36. The summed E-state index contributed by atoms with van der Waals surface area (Å²) in [5.41, 5.74) is 0. The minimum absolute atomic E-state index is 0.0525. The number of hydrogen-bond acceptors (Lipinski definition) is 4. The first kappa shape index (κ1) is 16.5. The van der Waals surface area contributed by atoms with Crippen LogP contribution in [-0.2, 0) is 14.3 Å². The van der Waals surface area contributed by atoms with Crippen molar-refractivity contribution in [3.8, 4) is 0 Å². The number of nitrogens with one attached hydrogen (secondary N) is 1. The minimum atomic E-state index is -0.517. The maximum Gasteiger partial charge on any atom is 0.407 e. The molecule has 0 radical (unpaired) electrons. The molecule has 1 amide bonds. The zero-order valence-electron chi connectivity index (χ0n) is 11.4. The molecule has 0 saturated carbocycles. The lowest BCUT2D eigenvalue weighted by atomic mass is 10.2. The van der Waals surface area contributed by atoms with Crippen LogP contribution < -0.4 is 5.32 Å². The summed E-state index contributed by atoms with van der Waals surface area (Å²) in [4.78, 5) is 22.4. The van der Waals surface area contributed by atoms with Gasteiger partial charge in [-0.1, -0.05) is 26.8 Å². The molecule has 5 nitrogen and oxygen atoms in total. The topological polar surface area (TPSA) is 64.6 Å². The molecule has 0 heterocycles. The van der Waals surface area contributed by atoms with Gasteiger partial charge in [-0.2, -0.15) is 0 Å². The number of esters is 1. The van der Waals surface area contributed by atoms with Gasteiger partial charge in [-0.15, -0.1) is 0 Å². The lowest BCUT2D eigenvalue weighted by molar-refractivity contribution is -0.140. The first-order valence-electron chi connectivity index (χ1n) is 6.29. The summed E-state index contributed by atoms with van der Waals surface area (Å²) in [7, 11) is 0. The van der Waals surface area contributed by atoms with Crippen molar-refractivity contribution in [1.29, 1.82) is 0 Å². The van der Waals surface area contributed by atoms with E-state index in [1.165, 1.54) is 0 Å². The fraction of sp³-hybridized carbons (Fsp3) is 0.692. The Bertz CT molecular complexity index is 278. The molecule has 104 valence electrons. The SMILES string of the molecule is C=CC(=O)OCC(CC)OC(=O)NC(C)CCC. The van der Waals surface area contributed by atoms with Crippen LogP contribution in [0.1, 0.15) is 40.0 Å². The first-order valence-corrected chi connectivity index (χ1v) is 6.29. The highest BCUT2D eigenvalue weighted by molar-refractivity contribution is 5.81. The summed E-state index contributed by atoms with van der Waals surface area (Å²) < 4.78 is 9.99. The molecule has 0 saturated heterocycles. The standard InChI is InChI=1S/C13H23NO4/c1-5-8-10(4)14-13(16)18-11(6-2)9-17-12(15)7-3/h7,10-11H,3,5-6,8-9H2,1-2,4H3,(H,14,16). The van der Waals surface area contributed by atoms with E-state index in [4.69, 9.17) is 9.47 Å². The van der Waals surface area contributed by atoms with Gasteiger partial charge in [0, 0.05) is 12.1 Å². The van der Waals surface area contributed by atoms with Crippen LogP contribution in [0.4, 0.5) is 4.79 Å². The molecule has 2 unspecified atom stereocenters. The van der Waals surface area contributed by atoms with Crippen LogP contribution in [0.3, 0.4) is 0 Å². The van der Waals surface area contributed by atoms with Gasteiger partial charge < -0.3 is 14.8 Å². The normalized spacial score (nSPS) is 13.3. The fourth-order valence-corrected chi connectivity index (χ4v) is 1.36. The molecule has 0 aliphatic heterocycles. The summed E-state index contributed by atoms with van der Waals surface area (Å²) in [5.74, 6) is -0.517. The molecule has 2 atom stereocenters. The molecule has 0 rings (SSSR count). The third kappa shape index (κ3) is 7.70. The quantitative estimate of drug-likeness (QED) is 0.535. The van der Waals surface area contributed by atoms with E-state index >= 15 is 0 Å². The van der Waals surface area contributed by atoms with E-state index in [0.717, 1.165) is 18.9 Å². The van der Waals surface area contributed by atoms with Crippen molar-refractivity contribution >= 4 is 12.1 Å². The van der Waals surface area contributed by atoms with Gasteiger partial charge in [0.2, 0.25) is 0 Å². The van der Waals surface area contributed by atoms with Crippen LogP contribution in [0.15, 0.2) is 12.7 Å². The molecule has 0 aromatic carbocycles. The van der Waals surface area contributed by atoms with Crippen molar-refractivity contribution < 1.29 is 19.1 Å². The molecule has 1 N–H and O–H groups in total. The van der Waals surface area contributed by atoms with Gasteiger partial charge >= 0.3 is 12.1 Å². The van der Waals surface area contributed by atoms with Crippen molar-refractivity contribution in [2.75, 3.05) is 6.61 Å². The highest BCUT2D eigenvalue weighted by Gasteiger charge is 2.15. The molecule has 0 aliphatic carbocycles. The van der Waals surface area contributed by atoms with Gasteiger partial charge in [0.25, 0.3) is 0 Å². The Morgan fingerprint density at radius 1 is 1.39 bits per heavy atom. The lowest BCUT2D eigenvalue weighted by Gasteiger charge is -2.18. The number of carbonyl (C=O) groups is 2. The number of ether oxygens (including phenoxy) is 2. The van der Waals surface area contributed by atoms with Gasteiger partial charge in [0.05, 0.1) is 0 Å². The van der Waals surface area contributed by atoms with Crippen LogP contribution in [0, 0.1) is 0 Å². The van der Waals surface area contributed by atoms with Crippen molar-refractivity contribution in [3.05, 3.63) is 12.7 Å². The van der Waals surface area contributed by atoms with Crippen LogP contribution in [0.2, 0.25) is 0 Å². The third-order valence-electron chi connectivity index (χ3n) is 2.39. The van der Waals surface area contributed by atoms with E-state index in [9.17, 15) is 9.59 Å². The smallest absolute Gasteiger partial charge is 0.407 e. The summed E-state index contributed by atoms with van der Waals surface area (Å²) >= 11 is 0. The third-order valence-corrected chi connectivity index (χ3v) is 2.39. The Hall–Kier alpha value is -1.52. The predicted molar refractivity (Wildman–Crippen MR) is 69.2 cm³/mol. The Morgan fingerprint density at radius 3 is 2.56 bits per heavy atom. The molecule has 0 aliphatic rings. The molecular weight excluding hydrogens is 234 g/mol. The van der Waals surface area contributed by atoms with Gasteiger partial charge in [0.1, 0.15) is 12.7 Å². The monoisotopic (exact) mass is 257 g/mol. The first-order chi connectivity index (χ1) is 8.53. The van der Waals surface area contributed by atoms with Gasteiger partial charge in [-0.3, -0.25) is 0 Å². The van der Waals surface area contributed by atoms with Gasteiger partial charge in [-0.05, 0) is 19.8 Å². The average molecular weight is 257 g/mol. The van der Waals surface area contributed by atoms with Gasteiger partial charge in [-0.25, -0.2) is 9.59 Å². The average Bonchev–Trinajstić information content (AvgIpc) is 2.33. The molecule has 0 fully saturated rings. The predicted octanol–water partition coefficient (Wildman–Crippen LogP) is 2.41. The van der Waals surface area contributed by atoms with Crippen molar-refractivity contribution in [3.63, 3.8) is 0 Å². The molecular formula is C13H23NO4. The number of hydrogen-bond donors (Lipinski definition) is 1. The van der Waals surface area contributed by atoms with E-state index in [0.29, 0.717) is 6.42 Å². The van der Waals surface area contributed by atoms with Crippen LogP contribution in [0.25, 0.3) is 0 Å². The number of amides is 1. The largest absolute Gasteiger partial charge is 0.459 e.